The first-order valence-corrected chi connectivity index (χ1v) is 7.04. The van der Waals surface area contributed by atoms with Gasteiger partial charge in [-0.1, -0.05) is 6.07 Å². The van der Waals surface area contributed by atoms with Crippen molar-refractivity contribution < 1.29 is 9.59 Å². The molecule has 1 aromatic carbocycles. The molecule has 0 saturated carbocycles. The minimum Gasteiger partial charge on any atom is -0.366 e. The Bertz CT molecular complexity index is 544. The zero-order chi connectivity index (χ0) is 14.3. The summed E-state index contributed by atoms with van der Waals surface area (Å²) >= 11 is 0. The van der Waals surface area contributed by atoms with Gasteiger partial charge in [-0.3, -0.25) is 9.59 Å². The number of amides is 2. The second-order valence-electron chi connectivity index (χ2n) is 5.77. The van der Waals surface area contributed by atoms with Crippen molar-refractivity contribution >= 4 is 11.8 Å². The van der Waals surface area contributed by atoms with Crippen LogP contribution < -0.4 is 11.5 Å². The van der Waals surface area contributed by atoms with E-state index in [1.807, 2.05) is 4.90 Å². The lowest BCUT2D eigenvalue weighted by molar-refractivity contribution is 0.0575. The van der Waals surface area contributed by atoms with Crippen LogP contribution in [0.3, 0.4) is 0 Å². The van der Waals surface area contributed by atoms with Gasteiger partial charge in [0.2, 0.25) is 5.91 Å². The molecule has 106 valence electrons. The predicted octanol–water partition coefficient (Wildman–Crippen LogP) is 0.880. The van der Waals surface area contributed by atoms with Crippen molar-refractivity contribution in [3.63, 3.8) is 0 Å². The SMILES string of the molecule is NC(=O)c1cccc(C(=O)N2C3CCC2CC(N)C3)c1. The molecule has 1 aromatic rings. The average molecular weight is 273 g/mol. The van der Waals surface area contributed by atoms with Gasteiger partial charge >= 0.3 is 0 Å². The van der Waals surface area contributed by atoms with Crippen molar-refractivity contribution in [2.45, 2.75) is 43.8 Å². The molecule has 2 amide bonds. The monoisotopic (exact) mass is 273 g/mol. The van der Waals surface area contributed by atoms with E-state index < -0.39 is 5.91 Å². The molecule has 0 radical (unpaired) electrons. The molecular formula is C15H19N3O2. The molecule has 4 N–H and O–H groups in total. The largest absolute Gasteiger partial charge is 0.366 e. The third kappa shape index (κ3) is 2.18. The Morgan fingerprint density at radius 3 is 2.30 bits per heavy atom. The van der Waals surface area contributed by atoms with E-state index >= 15 is 0 Å². The highest BCUT2D eigenvalue weighted by atomic mass is 16.2. The molecule has 2 heterocycles. The first-order chi connectivity index (χ1) is 9.56. The van der Waals surface area contributed by atoms with Gasteiger partial charge in [-0.2, -0.15) is 0 Å². The molecule has 0 aliphatic carbocycles. The summed E-state index contributed by atoms with van der Waals surface area (Å²) in [5.41, 5.74) is 12.2. The summed E-state index contributed by atoms with van der Waals surface area (Å²) in [5.74, 6) is -0.518. The van der Waals surface area contributed by atoms with Crippen molar-refractivity contribution in [1.29, 1.82) is 0 Å². The Morgan fingerprint density at radius 2 is 1.70 bits per heavy atom. The number of fused-ring (bicyclic) bond motifs is 2. The smallest absolute Gasteiger partial charge is 0.254 e. The summed E-state index contributed by atoms with van der Waals surface area (Å²) in [5, 5.41) is 0. The standard InChI is InChI=1S/C15H19N3O2/c16-11-7-12-4-5-13(8-11)18(12)15(20)10-3-1-2-9(6-10)14(17)19/h1-3,6,11-13H,4-5,7-8,16H2,(H2,17,19). The van der Waals surface area contributed by atoms with Crippen LogP contribution in [0.15, 0.2) is 24.3 Å². The number of nitrogens with zero attached hydrogens (tertiary/aromatic N) is 1. The molecule has 0 aromatic heterocycles. The summed E-state index contributed by atoms with van der Waals surface area (Å²) in [6.45, 7) is 0. The van der Waals surface area contributed by atoms with Crippen LogP contribution in [0.2, 0.25) is 0 Å². The molecular weight excluding hydrogens is 254 g/mol. The number of hydrogen-bond donors (Lipinski definition) is 2. The summed E-state index contributed by atoms with van der Waals surface area (Å²) in [6, 6.07) is 7.34. The second-order valence-corrected chi connectivity index (χ2v) is 5.77. The van der Waals surface area contributed by atoms with E-state index in [9.17, 15) is 9.59 Å². The first-order valence-electron chi connectivity index (χ1n) is 7.04. The topological polar surface area (TPSA) is 89.4 Å². The summed E-state index contributed by atoms with van der Waals surface area (Å²) in [4.78, 5) is 25.9. The van der Waals surface area contributed by atoms with E-state index in [0.717, 1.165) is 25.7 Å². The molecule has 2 aliphatic heterocycles. The fourth-order valence-corrected chi connectivity index (χ4v) is 3.51. The van der Waals surface area contributed by atoms with Crippen LogP contribution in [0.25, 0.3) is 0 Å². The summed E-state index contributed by atoms with van der Waals surface area (Å²) in [7, 11) is 0. The lowest BCUT2D eigenvalue weighted by Crippen LogP contribution is -2.50. The normalized spacial score (nSPS) is 28.4. The van der Waals surface area contributed by atoms with Gasteiger partial charge in [0.25, 0.3) is 5.91 Å². The lowest BCUT2D eigenvalue weighted by Gasteiger charge is -2.37. The zero-order valence-corrected chi connectivity index (χ0v) is 11.3. The Morgan fingerprint density at radius 1 is 1.10 bits per heavy atom. The molecule has 2 atom stereocenters. The van der Waals surface area contributed by atoms with Crippen molar-refractivity contribution in [1.82, 2.24) is 4.90 Å². The third-order valence-electron chi connectivity index (χ3n) is 4.40. The molecule has 3 rings (SSSR count). The van der Waals surface area contributed by atoms with Crippen LogP contribution in [0.5, 0.6) is 0 Å². The van der Waals surface area contributed by atoms with Crippen LogP contribution in [0, 0.1) is 0 Å². The lowest BCUT2D eigenvalue weighted by atomic mass is 9.97. The molecule has 0 spiro atoms. The Labute approximate surface area is 117 Å². The van der Waals surface area contributed by atoms with Crippen molar-refractivity contribution in [3.05, 3.63) is 35.4 Å². The van der Waals surface area contributed by atoms with Gasteiger partial charge in [0.1, 0.15) is 0 Å². The maximum absolute atomic E-state index is 12.7. The molecule has 20 heavy (non-hydrogen) atoms. The Kier molecular flexibility index (Phi) is 3.22. The van der Waals surface area contributed by atoms with Crippen LogP contribution in [-0.2, 0) is 0 Å². The summed E-state index contributed by atoms with van der Waals surface area (Å²) in [6.07, 6.45) is 3.80. The first kappa shape index (κ1) is 13.1. The molecule has 5 nitrogen and oxygen atoms in total. The molecule has 2 unspecified atom stereocenters. The second kappa shape index (κ2) is 4.90. The summed E-state index contributed by atoms with van der Waals surface area (Å²) < 4.78 is 0. The van der Waals surface area contributed by atoms with E-state index in [1.54, 1.807) is 24.3 Å². The van der Waals surface area contributed by atoms with Gasteiger partial charge < -0.3 is 16.4 Å². The quantitative estimate of drug-likeness (QED) is 0.838. The minimum atomic E-state index is -0.511. The van der Waals surface area contributed by atoms with Crippen molar-refractivity contribution in [2.24, 2.45) is 11.5 Å². The molecule has 5 heteroatoms. The number of primary amides is 1. The van der Waals surface area contributed by atoms with Gasteiger partial charge in [-0.15, -0.1) is 0 Å². The maximum Gasteiger partial charge on any atom is 0.254 e. The van der Waals surface area contributed by atoms with Crippen LogP contribution in [-0.4, -0.2) is 34.8 Å². The number of nitrogens with two attached hydrogens (primary N) is 2. The number of rotatable bonds is 2. The Balaban J connectivity index is 1.86. The molecule has 2 aliphatic rings. The molecule has 2 bridgehead atoms. The van der Waals surface area contributed by atoms with Gasteiger partial charge in [0.05, 0.1) is 0 Å². The fraction of sp³-hybridized carbons (Fsp3) is 0.467. The maximum atomic E-state index is 12.7. The van der Waals surface area contributed by atoms with Gasteiger partial charge in [-0.25, -0.2) is 0 Å². The highest BCUT2D eigenvalue weighted by molar-refractivity contribution is 5.99. The third-order valence-corrected chi connectivity index (χ3v) is 4.40. The van der Waals surface area contributed by atoms with E-state index in [1.165, 1.54) is 0 Å². The number of benzene rings is 1. The Hall–Kier alpha value is -1.88. The van der Waals surface area contributed by atoms with E-state index in [-0.39, 0.29) is 24.0 Å². The van der Waals surface area contributed by atoms with Crippen LogP contribution >= 0.6 is 0 Å². The molecule has 2 saturated heterocycles. The van der Waals surface area contributed by atoms with Gasteiger partial charge in [0.15, 0.2) is 0 Å². The minimum absolute atomic E-state index is 0.00694. The number of carbonyl (C=O) groups excluding carboxylic acids is 2. The van der Waals surface area contributed by atoms with Crippen LogP contribution in [0.1, 0.15) is 46.4 Å². The van der Waals surface area contributed by atoms with Crippen LogP contribution in [0.4, 0.5) is 0 Å². The zero-order valence-electron chi connectivity index (χ0n) is 11.3. The number of hydrogen-bond acceptors (Lipinski definition) is 3. The van der Waals surface area contributed by atoms with Crippen molar-refractivity contribution in [2.75, 3.05) is 0 Å². The van der Waals surface area contributed by atoms with Gasteiger partial charge in [0, 0.05) is 29.3 Å². The fourth-order valence-electron chi connectivity index (χ4n) is 3.51. The van der Waals surface area contributed by atoms with E-state index in [4.69, 9.17) is 11.5 Å². The predicted molar refractivity (Wildman–Crippen MR) is 75.1 cm³/mol. The van der Waals surface area contributed by atoms with E-state index in [2.05, 4.69) is 0 Å². The number of carbonyl (C=O) groups is 2. The molecule has 2 fully saturated rings. The van der Waals surface area contributed by atoms with E-state index in [0.29, 0.717) is 11.1 Å². The highest BCUT2D eigenvalue weighted by Crippen LogP contribution is 2.36. The van der Waals surface area contributed by atoms with Gasteiger partial charge in [-0.05, 0) is 43.9 Å². The highest BCUT2D eigenvalue weighted by Gasteiger charge is 2.42. The van der Waals surface area contributed by atoms with Crippen molar-refractivity contribution in [3.8, 4) is 0 Å². The number of piperidine rings is 1. The average Bonchev–Trinajstić information content (AvgIpc) is 2.70.